The molecule has 1 atom stereocenters. The van der Waals surface area contributed by atoms with E-state index < -0.39 is 6.04 Å². The molecule has 0 radical (unpaired) electrons. The highest BCUT2D eigenvalue weighted by Crippen LogP contribution is 2.35. The van der Waals surface area contributed by atoms with Gasteiger partial charge < -0.3 is 20.4 Å². The SMILES string of the molecule is Cc1cc(-c2ccc(N(C)C)nc2)ccc1-c1nc2ccc(NCCCCCNc3ccc4c(c3)CN(C3CCC(=O)NC3=O)C4=O)cc2s1. The molecule has 50 heavy (non-hydrogen) atoms. The Morgan fingerprint density at radius 1 is 0.880 bits per heavy atom. The van der Waals surface area contributed by atoms with E-state index in [1.54, 1.807) is 16.2 Å². The lowest BCUT2D eigenvalue weighted by molar-refractivity contribution is -0.136. The van der Waals surface area contributed by atoms with Crippen LogP contribution in [-0.4, -0.2) is 65.8 Å². The standard InChI is InChI=1S/C39H41N7O3S/c1-24-19-25(26-8-15-35(42-22-26)45(2)3)7-11-30(24)38-43-32-13-10-29(21-34(32)50-38)41-18-6-4-5-17-40-28-9-12-31-27(20-28)23-46(39(31)49)33-14-16-36(47)44-37(33)48/h7-13,15,19-22,33,40-41H,4-6,14,16-18,23H2,1-3H3,(H,44,47,48). The van der Waals surface area contributed by atoms with Crippen LogP contribution in [-0.2, 0) is 16.1 Å². The van der Waals surface area contributed by atoms with E-state index in [9.17, 15) is 14.4 Å². The highest BCUT2D eigenvalue weighted by molar-refractivity contribution is 7.21. The zero-order chi connectivity index (χ0) is 34.8. The molecule has 3 amide bonds. The minimum absolute atomic E-state index is 0.149. The third kappa shape index (κ3) is 7.04. The van der Waals surface area contributed by atoms with E-state index in [-0.39, 0.29) is 24.1 Å². The Kier molecular flexibility index (Phi) is 9.49. The molecule has 3 aromatic carbocycles. The number of rotatable bonds is 12. The minimum atomic E-state index is -0.595. The smallest absolute Gasteiger partial charge is 0.255 e. The van der Waals surface area contributed by atoms with Crippen LogP contribution in [0.25, 0.3) is 31.9 Å². The Bertz CT molecular complexity index is 2070. The molecule has 1 unspecified atom stereocenters. The molecule has 0 bridgehead atoms. The predicted octanol–water partition coefficient (Wildman–Crippen LogP) is 6.86. The molecule has 0 aliphatic carbocycles. The van der Waals surface area contributed by atoms with Gasteiger partial charge in [0.05, 0.1) is 10.2 Å². The third-order valence-corrected chi connectivity index (χ3v) is 10.5. The van der Waals surface area contributed by atoms with Crippen molar-refractivity contribution in [3.63, 3.8) is 0 Å². The number of anilines is 3. The van der Waals surface area contributed by atoms with Crippen molar-refractivity contribution in [3.05, 3.63) is 89.6 Å². The van der Waals surface area contributed by atoms with Crippen LogP contribution in [0.2, 0.25) is 0 Å². The number of unbranched alkanes of at least 4 members (excludes halogenated alkanes) is 2. The van der Waals surface area contributed by atoms with E-state index in [1.165, 1.54) is 5.56 Å². The number of imide groups is 1. The van der Waals surface area contributed by atoms with Crippen LogP contribution < -0.4 is 20.9 Å². The minimum Gasteiger partial charge on any atom is -0.385 e. The number of piperidine rings is 1. The number of hydrogen-bond donors (Lipinski definition) is 3. The van der Waals surface area contributed by atoms with Gasteiger partial charge in [0.15, 0.2) is 0 Å². The van der Waals surface area contributed by atoms with Crippen molar-refractivity contribution in [1.29, 1.82) is 0 Å². The van der Waals surface area contributed by atoms with Crippen molar-refractivity contribution in [2.75, 3.05) is 42.7 Å². The largest absolute Gasteiger partial charge is 0.385 e. The monoisotopic (exact) mass is 687 g/mol. The summed E-state index contributed by atoms with van der Waals surface area (Å²) in [6.45, 7) is 4.24. The van der Waals surface area contributed by atoms with Crippen LogP contribution in [0.15, 0.2) is 72.9 Å². The van der Waals surface area contributed by atoms with Gasteiger partial charge in [0, 0.05) is 74.4 Å². The highest BCUT2D eigenvalue weighted by atomic mass is 32.1. The van der Waals surface area contributed by atoms with Crippen molar-refractivity contribution in [1.82, 2.24) is 20.2 Å². The number of hydrogen-bond acceptors (Lipinski definition) is 9. The Morgan fingerprint density at radius 2 is 1.62 bits per heavy atom. The van der Waals surface area contributed by atoms with Gasteiger partial charge in [-0.1, -0.05) is 18.2 Å². The number of nitrogens with one attached hydrogen (secondary N) is 3. The second-order valence-corrected chi connectivity index (χ2v) is 14.2. The lowest BCUT2D eigenvalue weighted by Crippen LogP contribution is -2.52. The van der Waals surface area contributed by atoms with Crippen LogP contribution in [0, 0.1) is 6.92 Å². The predicted molar refractivity (Wildman–Crippen MR) is 201 cm³/mol. The summed E-state index contributed by atoms with van der Waals surface area (Å²) in [7, 11) is 3.99. The first-order valence-electron chi connectivity index (χ1n) is 17.1. The van der Waals surface area contributed by atoms with Crippen LogP contribution in [0.3, 0.4) is 0 Å². The Morgan fingerprint density at radius 3 is 2.34 bits per heavy atom. The van der Waals surface area contributed by atoms with Gasteiger partial charge in [-0.3, -0.25) is 19.7 Å². The molecule has 2 aliphatic heterocycles. The third-order valence-electron chi connectivity index (χ3n) is 9.42. The van der Waals surface area contributed by atoms with Crippen molar-refractivity contribution in [3.8, 4) is 21.7 Å². The molecule has 7 rings (SSSR count). The van der Waals surface area contributed by atoms with Crippen molar-refractivity contribution in [2.45, 2.75) is 51.6 Å². The fourth-order valence-corrected chi connectivity index (χ4v) is 7.73. The number of carbonyl (C=O) groups excluding carboxylic acids is 3. The first kappa shape index (κ1) is 33.2. The maximum atomic E-state index is 12.9. The van der Waals surface area contributed by atoms with Crippen molar-refractivity contribution in [2.24, 2.45) is 0 Å². The number of aryl methyl sites for hydroxylation is 1. The summed E-state index contributed by atoms with van der Waals surface area (Å²) >= 11 is 1.72. The second-order valence-electron chi connectivity index (χ2n) is 13.2. The average molecular weight is 688 g/mol. The van der Waals surface area contributed by atoms with Gasteiger partial charge in [-0.15, -0.1) is 11.3 Å². The summed E-state index contributed by atoms with van der Waals surface area (Å²) < 4.78 is 1.16. The number of carbonyl (C=O) groups is 3. The Hall–Kier alpha value is -5.29. The summed E-state index contributed by atoms with van der Waals surface area (Å²) in [5, 5.41) is 10.4. The molecule has 10 nitrogen and oxygen atoms in total. The van der Waals surface area contributed by atoms with Crippen LogP contribution >= 0.6 is 11.3 Å². The normalized spacial score (nSPS) is 15.7. The summed E-state index contributed by atoms with van der Waals surface area (Å²) in [6.07, 6.45) is 5.69. The van der Waals surface area contributed by atoms with E-state index >= 15 is 0 Å². The molecule has 2 aliphatic rings. The topological polar surface area (TPSA) is 120 Å². The van der Waals surface area contributed by atoms with E-state index in [0.29, 0.717) is 18.5 Å². The number of amides is 3. The molecule has 4 heterocycles. The Balaban J connectivity index is 0.867. The van der Waals surface area contributed by atoms with Gasteiger partial charge in [-0.25, -0.2) is 9.97 Å². The fourth-order valence-electron chi connectivity index (χ4n) is 6.63. The quantitative estimate of drug-likeness (QED) is 0.0963. The number of benzene rings is 3. The highest BCUT2D eigenvalue weighted by Gasteiger charge is 2.39. The van der Waals surface area contributed by atoms with Crippen molar-refractivity contribution < 1.29 is 14.4 Å². The maximum absolute atomic E-state index is 12.9. The fraction of sp³-hybridized carbons (Fsp3) is 0.308. The molecular formula is C39H41N7O3S. The number of aromatic nitrogens is 2. The second kappa shape index (κ2) is 14.3. The summed E-state index contributed by atoms with van der Waals surface area (Å²) in [5.41, 5.74) is 9.20. The van der Waals surface area contributed by atoms with Gasteiger partial charge in [0.1, 0.15) is 16.9 Å². The van der Waals surface area contributed by atoms with Gasteiger partial charge in [-0.2, -0.15) is 0 Å². The average Bonchev–Trinajstić information content (AvgIpc) is 3.67. The molecule has 11 heteroatoms. The molecule has 0 saturated carbocycles. The lowest BCUT2D eigenvalue weighted by atomic mass is 10.0. The molecular weight excluding hydrogens is 647 g/mol. The number of fused-ring (bicyclic) bond motifs is 2. The van der Waals surface area contributed by atoms with Gasteiger partial charge in [0.2, 0.25) is 11.8 Å². The van der Waals surface area contributed by atoms with Crippen molar-refractivity contribution >= 4 is 56.5 Å². The maximum Gasteiger partial charge on any atom is 0.255 e. The molecule has 5 aromatic rings. The zero-order valence-electron chi connectivity index (χ0n) is 28.6. The number of nitrogens with zero attached hydrogens (tertiary/aromatic N) is 4. The van der Waals surface area contributed by atoms with Gasteiger partial charge in [-0.05, 0) is 97.8 Å². The first-order chi connectivity index (χ1) is 24.2. The van der Waals surface area contributed by atoms with E-state index in [1.807, 2.05) is 49.5 Å². The van der Waals surface area contributed by atoms with Crippen LogP contribution in [0.4, 0.5) is 17.2 Å². The van der Waals surface area contributed by atoms with Gasteiger partial charge in [0.25, 0.3) is 5.91 Å². The first-order valence-corrected chi connectivity index (χ1v) is 18.0. The molecule has 1 saturated heterocycles. The molecule has 1 fully saturated rings. The molecule has 0 spiro atoms. The summed E-state index contributed by atoms with van der Waals surface area (Å²) in [6, 6.07) is 22.2. The van der Waals surface area contributed by atoms with Crippen LogP contribution in [0.1, 0.15) is 53.6 Å². The van der Waals surface area contributed by atoms with E-state index in [2.05, 4.69) is 70.3 Å². The molecule has 3 N–H and O–H groups in total. The van der Waals surface area contributed by atoms with Crippen LogP contribution in [0.5, 0.6) is 0 Å². The molecule has 2 aromatic heterocycles. The van der Waals surface area contributed by atoms with E-state index in [4.69, 9.17) is 4.98 Å². The zero-order valence-corrected chi connectivity index (χ0v) is 29.4. The molecule has 256 valence electrons. The van der Waals surface area contributed by atoms with Gasteiger partial charge >= 0.3 is 0 Å². The number of pyridine rings is 1. The van der Waals surface area contributed by atoms with E-state index in [0.717, 1.165) is 87.0 Å². The lowest BCUT2D eigenvalue weighted by Gasteiger charge is -2.29. The summed E-state index contributed by atoms with van der Waals surface area (Å²) in [4.78, 5) is 49.9. The Labute approximate surface area is 295 Å². The summed E-state index contributed by atoms with van der Waals surface area (Å²) in [5.74, 6) is 0.126. The number of thiazole rings is 1.